The van der Waals surface area contributed by atoms with Crippen molar-refractivity contribution in [3.63, 3.8) is 0 Å². The number of nitrogen functional groups attached to an aromatic ring is 1. The van der Waals surface area contributed by atoms with E-state index < -0.39 is 0 Å². The molecule has 0 unspecified atom stereocenters. The van der Waals surface area contributed by atoms with Gasteiger partial charge in [-0.3, -0.25) is 4.68 Å². The Hall–Kier alpha value is -1.19. The molecule has 0 radical (unpaired) electrons. The Morgan fingerprint density at radius 3 is 2.53 bits per heavy atom. The zero-order valence-corrected chi connectivity index (χ0v) is 11.4. The molecule has 1 aliphatic carbocycles. The molecule has 1 saturated carbocycles. The quantitative estimate of drug-likeness (QED) is 0.825. The molecule has 0 spiro atoms. The van der Waals surface area contributed by atoms with Gasteiger partial charge in [-0.05, 0) is 30.6 Å². The van der Waals surface area contributed by atoms with Gasteiger partial charge in [0, 0.05) is 13.6 Å². The highest BCUT2D eigenvalue weighted by Crippen LogP contribution is 2.51. The lowest BCUT2D eigenvalue weighted by Gasteiger charge is -2.20. The number of nitrogens with two attached hydrogens (primary N) is 1. The number of aryl methyl sites for hydroxylation is 2. The molecule has 0 saturated heterocycles. The Balaban J connectivity index is 2.07. The van der Waals surface area contributed by atoms with Crippen molar-refractivity contribution in [1.82, 2.24) is 9.78 Å². The molecule has 0 amide bonds. The van der Waals surface area contributed by atoms with Crippen LogP contribution in [0.3, 0.4) is 0 Å². The minimum Gasteiger partial charge on any atom is -0.394 e. The van der Waals surface area contributed by atoms with Gasteiger partial charge >= 0.3 is 0 Å². The Kier molecular flexibility index (Phi) is 3.06. The highest BCUT2D eigenvalue weighted by Gasteiger charge is 2.45. The fourth-order valence-corrected chi connectivity index (χ4v) is 2.45. The lowest BCUT2D eigenvalue weighted by Crippen LogP contribution is -2.22. The second-order valence-corrected chi connectivity index (χ2v) is 5.56. The molecule has 96 valence electrons. The summed E-state index contributed by atoms with van der Waals surface area (Å²) in [6.07, 6.45) is 3.54. The Morgan fingerprint density at radius 1 is 1.47 bits per heavy atom. The molecule has 4 heteroatoms. The number of hydrogen-bond donors (Lipinski definition) is 2. The Morgan fingerprint density at radius 2 is 2.12 bits per heavy atom. The van der Waals surface area contributed by atoms with Crippen LogP contribution >= 0.6 is 0 Å². The second kappa shape index (κ2) is 4.24. The van der Waals surface area contributed by atoms with Gasteiger partial charge in [0.05, 0.1) is 11.4 Å². The van der Waals surface area contributed by atoms with Gasteiger partial charge in [0.1, 0.15) is 5.82 Å². The summed E-state index contributed by atoms with van der Waals surface area (Å²) in [5, 5.41) is 7.92. The van der Waals surface area contributed by atoms with Gasteiger partial charge in [-0.25, -0.2) is 0 Å². The molecule has 1 heterocycles. The normalized spacial score (nSPS) is 17.5. The number of aromatic nitrogens is 2. The fourth-order valence-electron chi connectivity index (χ4n) is 2.45. The predicted octanol–water partition coefficient (Wildman–Crippen LogP) is 2.41. The van der Waals surface area contributed by atoms with E-state index >= 15 is 0 Å². The van der Waals surface area contributed by atoms with E-state index in [2.05, 4.69) is 31.2 Å². The van der Waals surface area contributed by atoms with Gasteiger partial charge in [-0.15, -0.1) is 0 Å². The van der Waals surface area contributed by atoms with Crippen LogP contribution in [0.25, 0.3) is 0 Å². The molecular formula is C13H24N4. The molecule has 17 heavy (non-hydrogen) atoms. The lowest BCUT2D eigenvalue weighted by atomic mass is 9.92. The van der Waals surface area contributed by atoms with Gasteiger partial charge < -0.3 is 11.1 Å². The maximum absolute atomic E-state index is 6.09. The number of nitrogens with one attached hydrogen (secondary N) is 1. The number of anilines is 2. The minimum absolute atomic E-state index is 0.489. The van der Waals surface area contributed by atoms with E-state index in [0.29, 0.717) is 5.41 Å². The highest BCUT2D eigenvalue weighted by atomic mass is 15.3. The van der Waals surface area contributed by atoms with E-state index in [1.165, 1.54) is 12.8 Å². The van der Waals surface area contributed by atoms with Gasteiger partial charge in [-0.2, -0.15) is 5.10 Å². The Bertz CT molecular complexity index is 402. The third-order valence-corrected chi connectivity index (χ3v) is 4.22. The van der Waals surface area contributed by atoms with Crippen LogP contribution in [0.2, 0.25) is 0 Å². The van der Waals surface area contributed by atoms with Crippen molar-refractivity contribution in [1.29, 1.82) is 0 Å². The fraction of sp³-hybridized carbons (Fsp3) is 0.769. The van der Waals surface area contributed by atoms with E-state index in [1.54, 1.807) is 0 Å². The van der Waals surface area contributed by atoms with Crippen molar-refractivity contribution < 1.29 is 0 Å². The van der Waals surface area contributed by atoms with Crippen LogP contribution in [0.15, 0.2) is 0 Å². The molecule has 1 aromatic heterocycles. The molecule has 0 aliphatic heterocycles. The summed E-state index contributed by atoms with van der Waals surface area (Å²) in [5.74, 6) is 1.71. The highest BCUT2D eigenvalue weighted by molar-refractivity contribution is 5.65. The third kappa shape index (κ3) is 2.13. The van der Waals surface area contributed by atoms with Gasteiger partial charge in [0.2, 0.25) is 0 Å². The minimum atomic E-state index is 0.489. The van der Waals surface area contributed by atoms with Crippen LogP contribution in [0.4, 0.5) is 11.5 Å². The van der Waals surface area contributed by atoms with E-state index in [-0.39, 0.29) is 0 Å². The molecule has 0 bridgehead atoms. The molecule has 1 aromatic rings. The SMILES string of the molecule is CCc1nn(C)c(NCC2(C(C)C)CC2)c1N. The van der Waals surface area contributed by atoms with Crippen molar-refractivity contribution >= 4 is 11.5 Å². The largest absolute Gasteiger partial charge is 0.394 e. The lowest BCUT2D eigenvalue weighted by molar-refractivity contribution is 0.379. The van der Waals surface area contributed by atoms with E-state index in [9.17, 15) is 0 Å². The number of rotatable bonds is 5. The summed E-state index contributed by atoms with van der Waals surface area (Å²) >= 11 is 0. The first-order valence-corrected chi connectivity index (χ1v) is 6.55. The van der Waals surface area contributed by atoms with Crippen molar-refractivity contribution in [2.24, 2.45) is 18.4 Å². The third-order valence-electron chi connectivity index (χ3n) is 4.22. The summed E-state index contributed by atoms with van der Waals surface area (Å²) in [7, 11) is 1.95. The second-order valence-electron chi connectivity index (χ2n) is 5.56. The van der Waals surface area contributed by atoms with Crippen LogP contribution in [-0.2, 0) is 13.5 Å². The van der Waals surface area contributed by atoms with Gasteiger partial charge in [0.25, 0.3) is 0 Å². The topological polar surface area (TPSA) is 55.9 Å². The maximum Gasteiger partial charge on any atom is 0.147 e. The number of hydrogen-bond acceptors (Lipinski definition) is 3. The molecule has 3 N–H and O–H groups in total. The zero-order chi connectivity index (χ0) is 12.6. The van der Waals surface area contributed by atoms with Gasteiger partial charge in [0.15, 0.2) is 0 Å². The van der Waals surface area contributed by atoms with Crippen LogP contribution < -0.4 is 11.1 Å². The molecule has 1 fully saturated rings. The first-order valence-electron chi connectivity index (χ1n) is 6.55. The molecular weight excluding hydrogens is 212 g/mol. The van der Waals surface area contributed by atoms with Crippen molar-refractivity contribution in [3.05, 3.63) is 5.69 Å². The van der Waals surface area contributed by atoms with Crippen LogP contribution in [0.1, 0.15) is 39.3 Å². The van der Waals surface area contributed by atoms with Crippen LogP contribution in [0.5, 0.6) is 0 Å². The smallest absolute Gasteiger partial charge is 0.147 e. The first kappa shape index (κ1) is 12.3. The molecule has 0 aromatic carbocycles. The first-order chi connectivity index (χ1) is 8.00. The molecule has 0 atom stereocenters. The predicted molar refractivity (Wildman–Crippen MR) is 72.0 cm³/mol. The van der Waals surface area contributed by atoms with Crippen molar-refractivity contribution in [3.8, 4) is 0 Å². The molecule has 1 aliphatic rings. The van der Waals surface area contributed by atoms with Crippen LogP contribution in [0, 0.1) is 11.3 Å². The van der Waals surface area contributed by atoms with E-state index in [4.69, 9.17) is 5.73 Å². The Labute approximate surface area is 104 Å². The average Bonchev–Trinajstić information content (AvgIpc) is 3.02. The summed E-state index contributed by atoms with van der Waals surface area (Å²) < 4.78 is 1.87. The van der Waals surface area contributed by atoms with E-state index in [0.717, 1.165) is 36.1 Å². The molecule has 4 nitrogen and oxygen atoms in total. The zero-order valence-electron chi connectivity index (χ0n) is 11.4. The van der Waals surface area contributed by atoms with Crippen molar-refractivity contribution in [2.45, 2.75) is 40.0 Å². The monoisotopic (exact) mass is 236 g/mol. The average molecular weight is 236 g/mol. The summed E-state index contributed by atoms with van der Waals surface area (Å²) in [4.78, 5) is 0. The maximum atomic E-state index is 6.09. The molecule has 2 rings (SSSR count). The van der Waals surface area contributed by atoms with Crippen molar-refractivity contribution in [2.75, 3.05) is 17.6 Å². The number of nitrogens with zero attached hydrogens (tertiary/aromatic N) is 2. The summed E-state index contributed by atoms with van der Waals surface area (Å²) in [5.41, 5.74) is 8.39. The standard InChI is InChI=1S/C13H24N4/c1-5-10-11(14)12(17(4)16-10)15-8-13(6-7-13)9(2)3/h9,15H,5-8,14H2,1-4H3. The van der Waals surface area contributed by atoms with Crippen LogP contribution in [-0.4, -0.2) is 16.3 Å². The summed E-state index contributed by atoms with van der Waals surface area (Å²) in [6.45, 7) is 7.70. The summed E-state index contributed by atoms with van der Waals surface area (Å²) in [6, 6.07) is 0. The van der Waals surface area contributed by atoms with Gasteiger partial charge in [-0.1, -0.05) is 20.8 Å². The van der Waals surface area contributed by atoms with E-state index in [1.807, 2.05) is 11.7 Å².